The van der Waals surface area contributed by atoms with Gasteiger partial charge in [-0.25, -0.2) is 19.3 Å². The highest BCUT2D eigenvalue weighted by Gasteiger charge is 2.46. The Bertz CT molecular complexity index is 1250. The van der Waals surface area contributed by atoms with Crippen molar-refractivity contribution >= 4 is 47.1 Å². The van der Waals surface area contributed by atoms with Gasteiger partial charge >= 0.3 is 6.72 Å². The highest BCUT2D eigenvalue weighted by molar-refractivity contribution is 8.07. The van der Waals surface area contributed by atoms with E-state index in [0.717, 1.165) is 0 Å². The fourth-order valence-electron chi connectivity index (χ4n) is 3.67. The van der Waals surface area contributed by atoms with E-state index in [1.807, 2.05) is 0 Å². The molecule has 176 valence electrons. The van der Waals surface area contributed by atoms with E-state index >= 15 is 0 Å². The average Bonchev–Trinajstić information content (AvgIpc) is 3.45. The number of fused-ring (bicyclic) bond motifs is 1. The highest BCUT2D eigenvalue weighted by Crippen LogP contribution is 2.59. The normalized spacial score (nSPS) is 32.1. The number of ether oxygens (including phenoxy) is 1. The van der Waals surface area contributed by atoms with Crippen LogP contribution in [0.1, 0.15) is 17.9 Å². The molecule has 4 N–H and O–H groups in total. The maximum atomic E-state index is 14.2. The number of anilines is 1. The zero-order valence-corrected chi connectivity index (χ0v) is 19.2. The Morgan fingerprint density at radius 1 is 1.30 bits per heavy atom. The Morgan fingerprint density at radius 3 is 2.91 bits per heavy atom. The average molecular weight is 518 g/mol. The van der Waals surface area contributed by atoms with E-state index in [1.54, 1.807) is 0 Å². The molecule has 2 fully saturated rings. The summed E-state index contributed by atoms with van der Waals surface area (Å²) in [6.45, 7) is -3.48. The summed E-state index contributed by atoms with van der Waals surface area (Å²) in [6, 6.07) is 4.20. The lowest BCUT2D eigenvalue weighted by Gasteiger charge is -2.19. The number of halogens is 2. The molecule has 33 heavy (non-hydrogen) atoms. The minimum absolute atomic E-state index is 0.00267. The van der Waals surface area contributed by atoms with Crippen LogP contribution in [-0.2, 0) is 30.1 Å². The fourth-order valence-corrected chi connectivity index (χ4v) is 5.84. The summed E-state index contributed by atoms with van der Waals surface area (Å²) < 4.78 is 38.3. The van der Waals surface area contributed by atoms with Gasteiger partial charge < -0.3 is 29.7 Å². The fraction of sp³-hybridized carbons (Fsp3) is 0.389. The lowest BCUT2D eigenvalue weighted by molar-refractivity contribution is -0.0488. The number of nitrogens with two attached hydrogens (primary N) is 1. The van der Waals surface area contributed by atoms with Crippen LogP contribution in [-0.4, -0.2) is 61.3 Å². The molecule has 1 aromatic carbocycles. The van der Waals surface area contributed by atoms with Gasteiger partial charge in [0.15, 0.2) is 17.7 Å². The molecule has 6 atom stereocenters. The van der Waals surface area contributed by atoms with Crippen LogP contribution in [0.25, 0.3) is 11.2 Å². The van der Waals surface area contributed by atoms with E-state index in [-0.39, 0.29) is 29.6 Å². The first-order valence-electron chi connectivity index (χ1n) is 9.73. The molecule has 5 rings (SSSR count). The van der Waals surface area contributed by atoms with Crippen molar-refractivity contribution < 1.29 is 32.9 Å². The number of aliphatic hydroxyl groups excluding tert-OH is 2. The molecule has 2 aliphatic rings. The van der Waals surface area contributed by atoms with E-state index in [2.05, 4.69) is 15.0 Å². The number of hydrogen-bond acceptors (Lipinski definition) is 11. The van der Waals surface area contributed by atoms with Gasteiger partial charge in [-0.15, -0.1) is 0 Å². The number of nitrogens with zero attached hydrogens (tertiary/aromatic N) is 4. The number of aromatic nitrogens is 4. The summed E-state index contributed by atoms with van der Waals surface area (Å²) in [5, 5.41) is 21.3. The Kier molecular flexibility index (Phi) is 6.10. The summed E-state index contributed by atoms with van der Waals surface area (Å²) in [5.41, 5.74) is 6.72. The molecule has 2 saturated heterocycles. The third kappa shape index (κ3) is 4.25. The summed E-state index contributed by atoms with van der Waals surface area (Å²) >= 11 is 11.1. The van der Waals surface area contributed by atoms with Gasteiger partial charge in [-0.1, -0.05) is 17.7 Å². The third-order valence-corrected chi connectivity index (χ3v) is 7.91. The lowest BCUT2D eigenvalue weighted by atomic mass is 10.1. The number of aliphatic hydroxyl groups is 2. The number of rotatable bonds is 5. The smallest absolute Gasteiger partial charge is 0.328 e. The van der Waals surface area contributed by atoms with Crippen molar-refractivity contribution in [2.45, 2.75) is 30.6 Å². The van der Waals surface area contributed by atoms with E-state index in [1.165, 1.54) is 35.4 Å². The number of benzene rings is 1. The van der Waals surface area contributed by atoms with E-state index < -0.39 is 43.2 Å². The molecule has 0 bridgehead atoms. The van der Waals surface area contributed by atoms with Crippen molar-refractivity contribution in [2.75, 3.05) is 18.9 Å². The van der Waals surface area contributed by atoms with Crippen LogP contribution < -0.4 is 5.73 Å². The van der Waals surface area contributed by atoms with Crippen LogP contribution in [0.2, 0.25) is 5.02 Å². The molecule has 11 nitrogen and oxygen atoms in total. The van der Waals surface area contributed by atoms with Crippen LogP contribution in [0, 0.1) is 5.82 Å². The molecule has 0 aliphatic carbocycles. The van der Waals surface area contributed by atoms with Gasteiger partial charge in [0.1, 0.15) is 42.1 Å². The van der Waals surface area contributed by atoms with Gasteiger partial charge in [0.25, 0.3) is 0 Å². The summed E-state index contributed by atoms with van der Waals surface area (Å²) in [6.07, 6.45) is -2.70. The van der Waals surface area contributed by atoms with Gasteiger partial charge in [0.2, 0.25) is 0 Å². The molecular formula is C18H18ClFN5O6PS. The summed E-state index contributed by atoms with van der Waals surface area (Å²) in [4.78, 5) is 12.1. The second-order valence-electron chi connectivity index (χ2n) is 7.43. The molecule has 3 aromatic rings. The first-order valence-corrected chi connectivity index (χ1v) is 12.7. The third-order valence-electron chi connectivity index (χ3n) is 5.35. The zero-order chi connectivity index (χ0) is 23.3. The molecular weight excluding hydrogens is 500 g/mol. The van der Waals surface area contributed by atoms with Crippen molar-refractivity contribution in [2.24, 2.45) is 0 Å². The van der Waals surface area contributed by atoms with E-state index in [4.69, 9.17) is 47.4 Å². The van der Waals surface area contributed by atoms with Crippen LogP contribution >= 0.6 is 18.3 Å². The predicted octanol–water partition coefficient (Wildman–Crippen LogP) is 1.85. The second-order valence-corrected chi connectivity index (χ2v) is 10.8. The van der Waals surface area contributed by atoms with Crippen molar-refractivity contribution in [1.29, 1.82) is 0 Å². The van der Waals surface area contributed by atoms with Crippen LogP contribution in [0.4, 0.5) is 10.2 Å². The number of imidazole rings is 1. The quantitative estimate of drug-likeness (QED) is 0.426. The van der Waals surface area contributed by atoms with Crippen molar-refractivity contribution in [3.8, 4) is 0 Å². The maximum Gasteiger partial charge on any atom is 0.328 e. The molecule has 0 spiro atoms. The Hall–Kier alpha value is -1.80. The highest BCUT2D eigenvalue weighted by atomic mass is 35.5. The van der Waals surface area contributed by atoms with Gasteiger partial charge in [0, 0.05) is 10.6 Å². The monoisotopic (exact) mass is 517 g/mol. The van der Waals surface area contributed by atoms with Gasteiger partial charge in [-0.3, -0.25) is 9.09 Å². The SMILES string of the molecule is Nc1ncnc2c1ncn2[C@@H]1O[C@H](COP2(=S)OCC(c3ccc(Cl)cc3F)O2)[C@@H](O)[C@H]1O. The Labute approximate surface area is 196 Å². The minimum Gasteiger partial charge on any atom is -0.387 e. The zero-order valence-electron chi connectivity index (χ0n) is 16.7. The van der Waals surface area contributed by atoms with E-state index in [9.17, 15) is 14.6 Å². The predicted molar refractivity (Wildman–Crippen MR) is 117 cm³/mol. The minimum atomic E-state index is -3.24. The number of hydrogen-bond donors (Lipinski definition) is 3. The van der Waals surface area contributed by atoms with Gasteiger partial charge in [-0.05, 0) is 23.9 Å². The molecule has 2 unspecified atom stereocenters. The molecule has 0 amide bonds. The van der Waals surface area contributed by atoms with Gasteiger partial charge in [0.05, 0.1) is 19.5 Å². The maximum absolute atomic E-state index is 14.2. The van der Waals surface area contributed by atoms with Gasteiger partial charge in [-0.2, -0.15) is 0 Å². The summed E-state index contributed by atoms with van der Waals surface area (Å²) in [5.74, 6) is -0.371. The van der Waals surface area contributed by atoms with Crippen LogP contribution in [0.15, 0.2) is 30.9 Å². The second kappa shape index (κ2) is 8.77. The first-order chi connectivity index (χ1) is 15.8. The lowest BCUT2D eigenvalue weighted by Crippen LogP contribution is -2.33. The molecule has 2 aliphatic heterocycles. The Morgan fingerprint density at radius 2 is 2.12 bits per heavy atom. The number of nitrogen functional groups attached to an aromatic ring is 1. The van der Waals surface area contributed by atoms with Crippen molar-refractivity contribution in [3.63, 3.8) is 0 Å². The van der Waals surface area contributed by atoms with E-state index in [0.29, 0.717) is 11.2 Å². The molecule has 15 heteroatoms. The first kappa shape index (κ1) is 23.0. The Balaban J connectivity index is 1.26. The van der Waals surface area contributed by atoms with Crippen molar-refractivity contribution in [3.05, 3.63) is 47.3 Å². The standard InChI is InChI=1S/C18H18ClFN5O6PS/c19-8-1-2-9(10(20)3-8)11-4-28-32(33,31-11)29-5-12-14(26)15(27)18(30-12)25-7-24-13-16(21)22-6-23-17(13)25/h1-3,6-7,11-12,14-15,18,26-27H,4-5H2,(H2,21,22,23)/t11?,12-,14-,15-,18-,32?/m1/s1. The summed E-state index contributed by atoms with van der Waals surface area (Å²) in [7, 11) is 0. The molecule has 4 heterocycles. The van der Waals surface area contributed by atoms with Crippen LogP contribution in [0.3, 0.4) is 0 Å². The molecule has 0 saturated carbocycles. The largest absolute Gasteiger partial charge is 0.387 e. The topological polar surface area (TPSA) is 147 Å². The van der Waals surface area contributed by atoms with Crippen molar-refractivity contribution in [1.82, 2.24) is 19.5 Å². The molecule has 2 aromatic heterocycles. The van der Waals surface area contributed by atoms with Crippen LogP contribution in [0.5, 0.6) is 0 Å². The molecule has 0 radical (unpaired) electrons.